The minimum Gasteiger partial charge on any atom is -0.466 e. The molecule has 10 atom stereocenters. The van der Waals surface area contributed by atoms with Crippen LogP contribution in [0.2, 0.25) is 0 Å². The van der Waals surface area contributed by atoms with Gasteiger partial charge in [-0.2, -0.15) is 0 Å². The molecule has 10 heteroatoms. The van der Waals surface area contributed by atoms with Crippen molar-refractivity contribution in [3.63, 3.8) is 0 Å². The summed E-state index contributed by atoms with van der Waals surface area (Å²) in [6, 6.07) is 0. The summed E-state index contributed by atoms with van der Waals surface area (Å²) in [6.45, 7) is 14.9. The van der Waals surface area contributed by atoms with Crippen LogP contribution in [-0.2, 0) is 38.2 Å². The molecule has 3 aliphatic carbocycles. The lowest BCUT2D eigenvalue weighted by Crippen LogP contribution is -2.78. The summed E-state index contributed by atoms with van der Waals surface area (Å²) in [5, 5.41) is 23.3. The molecule has 1 heterocycles. The van der Waals surface area contributed by atoms with Crippen molar-refractivity contribution in [3.8, 4) is 0 Å². The quantitative estimate of drug-likeness (QED) is 0.231. The normalized spacial score (nSPS) is 47.7. The standard InChI is InChI=1S/C28H38O10/c1-12-10-14-26(6)16(31)11-15(30)24(3,4)18(26)17(32)20(37-13(2)29)27(14,7)19-21(33)38-28(8,23(35)36-9)22(34)25(12,19)5/h14,16-20,31-32H,1,10-11H2,2-9H3/t14-,16+,17-,18-,19-,20+,25-,26+,27-,28-/m1/s1. The van der Waals surface area contributed by atoms with Crippen molar-refractivity contribution in [2.45, 2.75) is 85.2 Å². The highest BCUT2D eigenvalue weighted by Crippen LogP contribution is 2.72. The summed E-state index contributed by atoms with van der Waals surface area (Å²) in [5.41, 5.74) is -7.20. The summed E-state index contributed by atoms with van der Waals surface area (Å²) in [7, 11) is 1.08. The van der Waals surface area contributed by atoms with Crippen molar-refractivity contribution in [2.24, 2.45) is 39.4 Å². The van der Waals surface area contributed by atoms with Crippen LogP contribution in [-0.4, -0.2) is 70.7 Å². The highest BCUT2D eigenvalue weighted by molar-refractivity contribution is 6.15. The highest BCUT2D eigenvalue weighted by Gasteiger charge is 2.79. The van der Waals surface area contributed by atoms with Crippen LogP contribution in [0.1, 0.15) is 61.3 Å². The van der Waals surface area contributed by atoms with Gasteiger partial charge >= 0.3 is 17.9 Å². The van der Waals surface area contributed by atoms with Crippen LogP contribution in [0.15, 0.2) is 12.2 Å². The number of Topliss-reactive ketones (excluding diaryl/α,β-unsaturated/α-hetero) is 2. The third kappa shape index (κ3) is 3.10. The van der Waals surface area contributed by atoms with E-state index in [0.29, 0.717) is 5.57 Å². The van der Waals surface area contributed by atoms with E-state index in [-0.39, 0.29) is 18.6 Å². The van der Waals surface area contributed by atoms with Gasteiger partial charge in [-0.1, -0.05) is 39.8 Å². The number of rotatable bonds is 2. The Balaban J connectivity index is 2.01. The van der Waals surface area contributed by atoms with Crippen LogP contribution < -0.4 is 0 Å². The van der Waals surface area contributed by atoms with Gasteiger partial charge in [-0.05, 0) is 26.2 Å². The van der Waals surface area contributed by atoms with Crippen LogP contribution in [0.25, 0.3) is 0 Å². The average molecular weight is 535 g/mol. The molecule has 0 unspecified atom stereocenters. The van der Waals surface area contributed by atoms with Gasteiger partial charge in [0, 0.05) is 35.5 Å². The lowest BCUT2D eigenvalue weighted by Gasteiger charge is -2.71. The van der Waals surface area contributed by atoms with Gasteiger partial charge in [0.15, 0.2) is 5.78 Å². The molecular weight excluding hydrogens is 496 g/mol. The van der Waals surface area contributed by atoms with Crippen LogP contribution in [0.5, 0.6) is 0 Å². The molecule has 38 heavy (non-hydrogen) atoms. The maximum Gasteiger partial charge on any atom is 0.358 e. The number of carbonyl (C=O) groups is 5. The lowest BCUT2D eigenvalue weighted by molar-refractivity contribution is -0.293. The van der Waals surface area contributed by atoms with Gasteiger partial charge in [0.05, 0.1) is 30.7 Å². The molecule has 0 aromatic heterocycles. The Kier molecular flexibility index (Phi) is 6.14. The van der Waals surface area contributed by atoms with E-state index in [1.807, 2.05) is 0 Å². The Labute approximate surface area is 222 Å². The summed E-state index contributed by atoms with van der Waals surface area (Å²) in [5.74, 6) is -6.46. The molecule has 0 bridgehead atoms. The van der Waals surface area contributed by atoms with E-state index >= 15 is 0 Å². The number of aliphatic hydroxyl groups excluding tert-OH is 2. The second kappa shape index (κ2) is 8.21. The molecule has 4 aliphatic rings. The average Bonchev–Trinajstić information content (AvgIpc) is 2.80. The fourth-order valence-corrected chi connectivity index (χ4v) is 8.85. The molecule has 2 N–H and O–H groups in total. The second-order valence-corrected chi connectivity index (χ2v) is 12.9. The summed E-state index contributed by atoms with van der Waals surface area (Å²) in [6.07, 6.45) is -4.03. The third-order valence-electron chi connectivity index (χ3n) is 10.7. The molecule has 0 aromatic rings. The fourth-order valence-electron chi connectivity index (χ4n) is 8.85. The SMILES string of the molecule is C=C1C[C@@H]2[C@]3(C)[C@H]([C@@H](O)[C@H](OC(C)=O)[C@@]2(C)[C@@H]2C(=O)O[C@@](C)(C(=O)OC)C(=O)[C@]12C)C(C)(C)C(=O)C[C@@H]3O. The summed E-state index contributed by atoms with van der Waals surface area (Å²) >= 11 is 0. The zero-order valence-corrected chi connectivity index (χ0v) is 23.2. The molecule has 1 saturated heterocycles. The van der Waals surface area contributed by atoms with Crippen molar-refractivity contribution in [2.75, 3.05) is 7.11 Å². The number of ether oxygens (including phenoxy) is 3. The Bertz CT molecular complexity index is 1160. The highest BCUT2D eigenvalue weighted by atomic mass is 16.6. The van der Waals surface area contributed by atoms with E-state index in [9.17, 15) is 34.2 Å². The number of hydrogen-bond acceptors (Lipinski definition) is 10. The van der Waals surface area contributed by atoms with E-state index < -0.39 is 87.0 Å². The molecule has 4 fully saturated rings. The van der Waals surface area contributed by atoms with Gasteiger partial charge in [-0.3, -0.25) is 19.2 Å². The first kappa shape index (κ1) is 28.4. The molecule has 1 aliphatic heterocycles. The third-order valence-corrected chi connectivity index (χ3v) is 10.7. The lowest BCUT2D eigenvalue weighted by atomic mass is 9.33. The molecule has 0 aromatic carbocycles. The van der Waals surface area contributed by atoms with E-state index in [1.165, 1.54) is 20.8 Å². The Morgan fingerprint density at radius 1 is 1.00 bits per heavy atom. The maximum absolute atomic E-state index is 14.1. The zero-order valence-electron chi connectivity index (χ0n) is 23.2. The van der Waals surface area contributed by atoms with E-state index in [1.54, 1.807) is 27.7 Å². The van der Waals surface area contributed by atoms with Gasteiger partial charge in [0.1, 0.15) is 11.9 Å². The monoisotopic (exact) mass is 534 g/mol. The molecule has 10 nitrogen and oxygen atoms in total. The van der Waals surface area contributed by atoms with Gasteiger partial charge in [0.2, 0.25) is 0 Å². The van der Waals surface area contributed by atoms with Crippen molar-refractivity contribution in [1.29, 1.82) is 0 Å². The molecule has 0 radical (unpaired) electrons. The topological polar surface area (TPSA) is 154 Å². The Hall–Kier alpha value is -2.59. The number of methoxy groups -OCH3 is 1. The first-order chi connectivity index (χ1) is 17.3. The summed E-state index contributed by atoms with van der Waals surface area (Å²) in [4.78, 5) is 66.1. The maximum atomic E-state index is 14.1. The number of cyclic esters (lactones) is 1. The van der Waals surface area contributed by atoms with E-state index in [2.05, 4.69) is 6.58 Å². The number of fused-ring (bicyclic) bond motifs is 5. The predicted molar refractivity (Wildman–Crippen MR) is 131 cm³/mol. The number of aliphatic hydroxyl groups is 2. The Morgan fingerprint density at radius 3 is 2.11 bits per heavy atom. The minimum absolute atomic E-state index is 0.110. The van der Waals surface area contributed by atoms with Gasteiger partial charge < -0.3 is 24.4 Å². The Morgan fingerprint density at radius 2 is 1.58 bits per heavy atom. The van der Waals surface area contributed by atoms with E-state index in [0.717, 1.165) is 7.11 Å². The first-order valence-electron chi connectivity index (χ1n) is 12.9. The van der Waals surface area contributed by atoms with Crippen LogP contribution in [0.4, 0.5) is 0 Å². The number of carbonyl (C=O) groups excluding carboxylic acids is 5. The molecule has 4 rings (SSSR count). The van der Waals surface area contributed by atoms with Crippen LogP contribution >= 0.6 is 0 Å². The smallest absolute Gasteiger partial charge is 0.358 e. The van der Waals surface area contributed by atoms with Crippen molar-refractivity contribution in [3.05, 3.63) is 12.2 Å². The van der Waals surface area contributed by atoms with Gasteiger partial charge in [-0.15, -0.1) is 0 Å². The van der Waals surface area contributed by atoms with Crippen molar-refractivity contribution < 1.29 is 48.4 Å². The second-order valence-electron chi connectivity index (χ2n) is 12.9. The van der Waals surface area contributed by atoms with Gasteiger partial charge in [0.25, 0.3) is 5.60 Å². The number of ketones is 2. The number of esters is 3. The number of allylic oxidation sites excluding steroid dienone is 1. The van der Waals surface area contributed by atoms with Crippen molar-refractivity contribution >= 4 is 29.5 Å². The van der Waals surface area contributed by atoms with Gasteiger partial charge in [-0.25, -0.2) is 4.79 Å². The molecule has 0 amide bonds. The molecule has 3 saturated carbocycles. The zero-order chi connectivity index (χ0) is 29.0. The molecule has 210 valence electrons. The van der Waals surface area contributed by atoms with Crippen LogP contribution in [0.3, 0.4) is 0 Å². The molecule has 0 spiro atoms. The largest absolute Gasteiger partial charge is 0.466 e. The minimum atomic E-state index is -2.22. The fraction of sp³-hybridized carbons (Fsp3) is 0.750. The van der Waals surface area contributed by atoms with Crippen LogP contribution in [0, 0.1) is 39.4 Å². The van der Waals surface area contributed by atoms with E-state index in [4.69, 9.17) is 14.2 Å². The predicted octanol–water partition coefficient (Wildman–Crippen LogP) is 1.54. The number of hydrogen-bond donors (Lipinski definition) is 2. The molecular formula is C28H38O10. The summed E-state index contributed by atoms with van der Waals surface area (Å²) < 4.78 is 16.1. The van der Waals surface area contributed by atoms with Crippen molar-refractivity contribution in [1.82, 2.24) is 0 Å². The first-order valence-corrected chi connectivity index (χ1v) is 12.9.